The summed E-state index contributed by atoms with van der Waals surface area (Å²) in [5.41, 5.74) is 12.3. The van der Waals surface area contributed by atoms with Crippen molar-refractivity contribution < 1.29 is 39.3 Å². The molecule has 12 nitrogen and oxygen atoms in total. The summed E-state index contributed by atoms with van der Waals surface area (Å²) in [5, 5.41) is 30.8. The van der Waals surface area contributed by atoms with E-state index in [1.807, 2.05) is 24.3 Å². The van der Waals surface area contributed by atoms with Crippen LogP contribution in [0.5, 0.6) is 0 Å². The van der Waals surface area contributed by atoms with E-state index in [0.29, 0.717) is 16.9 Å². The SMILES string of the molecule is NC(=O)N([C@@H](CCCCNC(=O)c1ccc(-c2cccc3c2Cc2ccccc2-3)nc1)C(=O)O)[C@@H](CCC(=O)O)C(=O)O. The highest BCUT2D eigenvalue weighted by molar-refractivity contribution is 5.94. The standard InChI is InChI=1S/C31H32N4O8/c32-31(43)35(26(30(41)42)13-14-27(36)37)25(29(39)40)10-3-4-15-33-28(38)19-11-12-24(34-17-19)22-9-5-8-21-20-7-2-1-6-18(20)16-23(21)22/h1-2,5-9,11-12,17,25-26H,3-4,10,13-16H2,(H2,32,43)(H,33,38)(H,36,37)(H,39,40)(H,41,42)/t25-,26-/m0/s1. The maximum atomic E-state index is 12.7. The van der Waals surface area contributed by atoms with Crippen molar-refractivity contribution in [3.8, 4) is 22.4 Å². The highest BCUT2D eigenvalue weighted by Gasteiger charge is 2.37. The number of pyridine rings is 1. The number of carbonyl (C=O) groups is 5. The van der Waals surface area contributed by atoms with Crippen LogP contribution in [0, 0.1) is 0 Å². The Bertz CT molecular complexity index is 1540. The van der Waals surface area contributed by atoms with Gasteiger partial charge in [-0.2, -0.15) is 0 Å². The first-order chi connectivity index (χ1) is 20.6. The number of hydrogen-bond acceptors (Lipinski definition) is 6. The summed E-state index contributed by atoms with van der Waals surface area (Å²) in [7, 11) is 0. The summed E-state index contributed by atoms with van der Waals surface area (Å²) < 4.78 is 0. The summed E-state index contributed by atoms with van der Waals surface area (Å²) in [5.74, 6) is -4.68. The van der Waals surface area contributed by atoms with Crippen LogP contribution < -0.4 is 11.1 Å². The van der Waals surface area contributed by atoms with Gasteiger partial charge in [0, 0.05) is 24.7 Å². The molecule has 3 amide bonds. The van der Waals surface area contributed by atoms with E-state index < -0.39 is 48.9 Å². The highest BCUT2D eigenvalue weighted by Crippen LogP contribution is 2.40. The molecule has 0 unspecified atom stereocenters. The number of primary amides is 1. The van der Waals surface area contributed by atoms with Crippen LogP contribution in [-0.2, 0) is 20.8 Å². The quantitative estimate of drug-likeness (QED) is 0.137. The van der Waals surface area contributed by atoms with Crippen LogP contribution in [0.15, 0.2) is 60.8 Å². The normalized spacial score (nSPS) is 12.8. The molecule has 0 radical (unpaired) electrons. The fourth-order valence-corrected chi connectivity index (χ4v) is 5.40. The van der Waals surface area contributed by atoms with Crippen LogP contribution >= 0.6 is 0 Å². The number of aromatic nitrogens is 1. The molecule has 0 aliphatic heterocycles. The van der Waals surface area contributed by atoms with Crippen LogP contribution in [0.1, 0.15) is 53.6 Å². The zero-order valence-corrected chi connectivity index (χ0v) is 23.2. The molecule has 12 heteroatoms. The van der Waals surface area contributed by atoms with E-state index >= 15 is 0 Å². The average Bonchev–Trinajstić information content (AvgIpc) is 3.36. The summed E-state index contributed by atoms with van der Waals surface area (Å²) in [6.07, 6.45) is 1.62. The molecule has 0 spiro atoms. The number of fused-ring (bicyclic) bond motifs is 3. The van der Waals surface area contributed by atoms with Crippen molar-refractivity contribution in [1.29, 1.82) is 0 Å². The first kappa shape index (κ1) is 30.7. The first-order valence-electron chi connectivity index (χ1n) is 13.8. The Labute approximate surface area is 247 Å². The Morgan fingerprint density at radius 3 is 2.16 bits per heavy atom. The number of nitrogens with zero attached hydrogens (tertiary/aromatic N) is 2. The van der Waals surface area contributed by atoms with Gasteiger partial charge in [-0.25, -0.2) is 14.4 Å². The predicted molar refractivity (Wildman–Crippen MR) is 155 cm³/mol. The van der Waals surface area contributed by atoms with Crippen LogP contribution in [-0.4, -0.2) is 73.7 Å². The second-order valence-electron chi connectivity index (χ2n) is 10.2. The molecule has 2 atom stereocenters. The van der Waals surface area contributed by atoms with Gasteiger partial charge in [0.05, 0.1) is 11.3 Å². The van der Waals surface area contributed by atoms with Gasteiger partial charge in [-0.1, -0.05) is 42.5 Å². The molecule has 2 aromatic carbocycles. The molecule has 0 saturated carbocycles. The van der Waals surface area contributed by atoms with Gasteiger partial charge in [-0.15, -0.1) is 0 Å². The third-order valence-corrected chi connectivity index (χ3v) is 7.47. The van der Waals surface area contributed by atoms with E-state index in [4.69, 9.17) is 10.8 Å². The molecular weight excluding hydrogens is 556 g/mol. The van der Waals surface area contributed by atoms with Crippen LogP contribution in [0.4, 0.5) is 4.79 Å². The number of aliphatic carboxylic acids is 3. The van der Waals surface area contributed by atoms with Crippen LogP contribution in [0.3, 0.4) is 0 Å². The zero-order valence-electron chi connectivity index (χ0n) is 23.2. The van der Waals surface area contributed by atoms with Gasteiger partial charge >= 0.3 is 23.9 Å². The van der Waals surface area contributed by atoms with Gasteiger partial charge in [0.1, 0.15) is 12.1 Å². The van der Waals surface area contributed by atoms with Crippen LogP contribution in [0.2, 0.25) is 0 Å². The monoisotopic (exact) mass is 588 g/mol. The van der Waals surface area contributed by atoms with Crippen molar-refractivity contribution >= 4 is 29.8 Å². The van der Waals surface area contributed by atoms with E-state index in [1.54, 1.807) is 12.1 Å². The second kappa shape index (κ2) is 13.6. The summed E-state index contributed by atoms with van der Waals surface area (Å²) in [6.45, 7) is 0.190. The van der Waals surface area contributed by atoms with Crippen molar-refractivity contribution in [3.63, 3.8) is 0 Å². The Morgan fingerprint density at radius 2 is 1.51 bits per heavy atom. The number of carboxylic acid groups (broad SMARTS) is 3. The van der Waals surface area contributed by atoms with Gasteiger partial charge < -0.3 is 26.4 Å². The molecule has 1 heterocycles. The fraction of sp³-hybridized carbons (Fsp3) is 0.290. The fourth-order valence-electron chi connectivity index (χ4n) is 5.40. The molecule has 1 aromatic heterocycles. The number of unbranched alkanes of at least 4 members (excludes halogenated alkanes) is 1. The number of benzene rings is 2. The second-order valence-corrected chi connectivity index (χ2v) is 10.2. The van der Waals surface area contributed by atoms with E-state index in [-0.39, 0.29) is 25.3 Å². The Balaban J connectivity index is 1.32. The molecule has 43 heavy (non-hydrogen) atoms. The lowest BCUT2D eigenvalue weighted by Gasteiger charge is -2.32. The summed E-state index contributed by atoms with van der Waals surface area (Å²) in [4.78, 5) is 64.2. The Morgan fingerprint density at radius 1 is 0.837 bits per heavy atom. The minimum Gasteiger partial charge on any atom is -0.481 e. The number of urea groups is 1. The van der Waals surface area contributed by atoms with Crippen molar-refractivity contribution in [2.45, 2.75) is 50.6 Å². The molecule has 1 aliphatic rings. The van der Waals surface area contributed by atoms with Crippen molar-refractivity contribution in [1.82, 2.24) is 15.2 Å². The van der Waals surface area contributed by atoms with Gasteiger partial charge in [-0.05, 0) is 66.5 Å². The van der Waals surface area contributed by atoms with E-state index in [0.717, 1.165) is 17.7 Å². The summed E-state index contributed by atoms with van der Waals surface area (Å²) in [6, 6.07) is 13.3. The molecule has 4 rings (SSSR count). The molecule has 0 saturated heterocycles. The Hall–Kier alpha value is -5.26. The molecule has 3 aromatic rings. The number of amides is 3. The maximum absolute atomic E-state index is 12.7. The zero-order chi connectivity index (χ0) is 31.1. The van der Waals surface area contributed by atoms with Gasteiger partial charge in [-0.3, -0.25) is 19.5 Å². The minimum atomic E-state index is -1.71. The number of hydrogen-bond donors (Lipinski definition) is 5. The highest BCUT2D eigenvalue weighted by atomic mass is 16.4. The first-order valence-corrected chi connectivity index (χ1v) is 13.8. The Kier molecular flexibility index (Phi) is 9.71. The predicted octanol–water partition coefficient (Wildman–Crippen LogP) is 3.37. The molecule has 0 fully saturated rings. The number of carboxylic acids is 3. The summed E-state index contributed by atoms with van der Waals surface area (Å²) >= 11 is 0. The number of nitrogens with one attached hydrogen (secondary N) is 1. The smallest absolute Gasteiger partial charge is 0.326 e. The molecule has 6 N–H and O–H groups in total. The van der Waals surface area contributed by atoms with E-state index in [9.17, 15) is 34.2 Å². The van der Waals surface area contributed by atoms with Gasteiger partial charge in [0.25, 0.3) is 5.91 Å². The molecule has 0 bridgehead atoms. The largest absolute Gasteiger partial charge is 0.481 e. The third kappa shape index (κ3) is 7.15. The maximum Gasteiger partial charge on any atom is 0.326 e. The number of carbonyl (C=O) groups excluding carboxylic acids is 2. The number of nitrogens with two attached hydrogens (primary N) is 1. The van der Waals surface area contributed by atoms with Crippen LogP contribution in [0.25, 0.3) is 22.4 Å². The van der Waals surface area contributed by atoms with Crippen molar-refractivity contribution in [2.24, 2.45) is 5.73 Å². The molecule has 1 aliphatic carbocycles. The van der Waals surface area contributed by atoms with Crippen molar-refractivity contribution in [2.75, 3.05) is 6.54 Å². The number of rotatable bonds is 14. The molecular formula is C31H32N4O8. The minimum absolute atomic E-state index is 0.146. The lowest BCUT2D eigenvalue weighted by atomic mass is 9.98. The average molecular weight is 589 g/mol. The lowest BCUT2D eigenvalue weighted by Crippen LogP contribution is -2.55. The van der Waals surface area contributed by atoms with Gasteiger partial charge in [0.2, 0.25) is 0 Å². The van der Waals surface area contributed by atoms with E-state index in [2.05, 4.69) is 28.5 Å². The van der Waals surface area contributed by atoms with E-state index in [1.165, 1.54) is 28.5 Å². The van der Waals surface area contributed by atoms with Gasteiger partial charge in [0.15, 0.2) is 0 Å². The van der Waals surface area contributed by atoms with Crippen molar-refractivity contribution in [3.05, 3.63) is 77.5 Å². The molecule has 224 valence electrons. The third-order valence-electron chi connectivity index (χ3n) is 7.47. The lowest BCUT2D eigenvalue weighted by molar-refractivity contribution is -0.149. The topological polar surface area (TPSA) is 200 Å².